The van der Waals surface area contributed by atoms with E-state index in [1.807, 2.05) is 6.07 Å². The zero-order valence-corrected chi connectivity index (χ0v) is 8.37. The summed E-state index contributed by atoms with van der Waals surface area (Å²) in [6, 6.07) is 5.24. The topological polar surface area (TPSA) is 40.5 Å². The lowest BCUT2D eigenvalue weighted by molar-refractivity contribution is 0.195. The molecular weight excluding hydrogens is 220 g/mol. The Morgan fingerprint density at radius 2 is 2.17 bits per heavy atom. The first-order valence-electron chi connectivity index (χ1n) is 3.75. The van der Waals surface area contributed by atoms with E-state index in [0.29, 0.717) is 10.9 Å². The first-order chi connectivity index (χ1) is 5.61. The van der Waals surface area contributed by atoms with Crippen molar-refractivity contribution in [2.24, 2.45) is 0 Å². The number of hydrogen-bond donors (Lipinski definition) is 2. The van der Waals surface area contributed by atoms with Crippen LogP contribution in [0.15, 0.2) is 22.7 Å². The van der Waals surface area contributed by atoms with Crippen LogP contribution in [0, 0.1) is 0 Å². The maximum atomic E-state index is 9.28. The van der Waals surface area contributed by atoms with E-state index in [1.165, 1.54) is 0 Å². The van der Waals surface area contributed by atoms with Crippen molar-refractivity contribution in [2.45, 2.75) is 19.4 Å². The van der Waals surface area contributed by atoms with Gasteiger partial charge in [-0.1, -0.05) is 12.1 Å². The smallest absolute Gasteiger partial charge is 0.130 e. The molecule has 0 unspecified atom stereocenters. The molecule has 1 atom stereocenters. The molecule has 2 nitrogen and oxygen atoms in total. The minimum atomic E-state index is -0.386. The highest BCUT2D eigenvalue weighted by molar-refractivity contribution is 9.10. The van der Waals surface area contributed by atoms with Gasteiger partial charge in [-0.05, 0) is 40.9 Å². The van der Waals surface area contributed by atoms with Gasteiger partial charge in [0.25, 0.3) is 0 Å². The third kappa shape index (κ3) is 2.22. The number of benzene rings is 1. The number of aliphatic hydroxyl groups is 1. The van der Waals surface area contributed by atoms with Crippen LogP contribution in [0.25, 0.3) is 0 Å². The van der Waals surface area contributed by atoms with E-state index >= 15 is 0 Å². The molecule has 0 amide bonds. The standard InChI is InChI=1S/C9H11BrO2/c1-6(11)5-7-3-2-4-8(12)9(7)10/h2-4,6,11-12H,5H2,1H3/t6-/m1/s1. The van der Waals surface area contributed by atoms with Crippen LogP contribution >= 0.6 is 15.9 Å². The molecule has 3 heteroatoms. The van der Waals surface area contributed by atoms with E-state index in [9.17, 15) is 5.11 Å². The molecule has 0 saturated heterocycles. The summed E-state index contributed by atoms with van der Waals surface area (Å²) in [6.07, 6.45) is 0.165. The second-order valence-electron chi connectivity index (χ2n) is 2.80. The third-order valence-electron chi connectivity index (χ3n) is 1.57. The van der Waals surface area contributed by atoms with Crippen LogP contribution in [0.4, 0.5) is 0 Å². The van der Waals surface area contributed by atoms with Crippen molar-refractivity contribution in [1.29, 1.82) is 0 Å². The molecular formula is C9H11BrO2. The highest BCUT2D eigenvalue weighted by Crippen LogP contribution is 2.27. The predicted molar refractivity (Wildman–Crippen MR) is 51.2 cm³/mol. The highest BCUT2D eigenvalue weighted by atomic mass is 79.9. The molecule has 66 valence electrons. The maximum Gasteiger partial charge on any atom is 0.130 e. The second-order valence-corrected chi connectivity index (χ2v) is 3.60. The minimum absolute atomic E-state index is 0.216. The summed E-state index contributed by atoms with van der Waals surface area (Å²) in [5.74, 6) is 0.216. The molecule has 12 heavy (non-hydrogen) atoms. The average Bonchev–Trinajstić information content (AvgIpc) is 1.98. The summed E-state index contributed by atoms with van der Waals surface area (Å²) in [4.78, 5) is 0. The van der Waals surface area contributed by atoms with E-state index in [1.54, 1.807) is 19.1 Å². The molecule has 0 aliphatic rings. The Balaban J connectivity index is 2.92. The van der Waals surface area contributed by atoms with Gasteiger partial charge < -0.3 is 10.2 Å². The van der Waals surface area contributed by atoms with E-state index in [0.717, 1.165) is 5.56 Å². The quantitative estimate of drug-likeness (QED) is 0.817. The number of hydrogen-bond acceptors (Lipinski definition) is 2. The molecule has 0 heterocycles. The first-order valence-corrected chi connectivity index (χ1v) is 4.55. The number of aliphatic hydroxyl groups excluding tert-OH is 1. The summed E-state index contributed by atoms with van der Waals surface area (Å²) in [6.45, 7) is 1.72. The predicted octanol–water partition coefficient (Wildman–Crippen LogP) is 2.08. The molecule has 0 spiro atoms. The van der Waals surface area contributed by atoms with Crippen molar-refractivity contribution in [3.63, 3.8) is 0 Å². The average molecular weight is 231 g/mol. The van der Waals surface area contributed by atoms with Crippen LogP contribution in [0.2, 0.25) is 0 Å². The zero-order valence-electron chi connectivity index (χ0n) is 6.79. The first kappa shape index (κ1) is 9.55. The van der Waals surface area contributed by atoms with Crippen molar-refractivity contribution in [3.05, 3.63) is 28.2 Å². The molecule has 1 aromatic rings. The van der Waals surface area contributed by atoms with E-state index in [4.69, 9.17) is 5.11 Å². The van der Waals surface area contributed by atoms with Crippen molar-refractivity contribution >= 4 is 15.9 Å². The van der Waals surface area contributed by atoms with Gasteiger partial charge in [-0.2, -0.15) is 0 Å². The second kappa shape index (κ2) is 3.92. The summed E-state index contributed by atoms with van der Waals surface area (Å²) in [5.41, 5.74) is 0.921. The highest BCUT2D eigenvalue weighted by Gasteiger charge is 2.06. The fourth-order valence-electron chi connectivity index (χ4n) is 1.04. The Kier molecular flexibility index (Phi) is 3.12. The van der Waals surface area contributed by atoms with Crippen LogP contribution in [0.3, 0.4) is 0 Å². The Hall–Kier alpha value is -0.540. The number of rotatable bonds is 2. The number of aromatic hydroxyl groups is 1. The van der Waals surface area contributed by atoms with Crippen LogP contribution in [-0.4, -0.2) is 16.3 Å². The molecule has 0 bridgehead atoms. The molecule has 0 radical (unpaired) electrons. The van der Waals surface area contributed by atoms with Gasteiger partial charge in [-0.25, -0.2) is 0 Å². The molecule has 0 aliphatic carbocycles. The molecule has 0 aliphatic heterocycles. The summed E-state index contributed by atoms with van der Waals surface area (Å²) in [5, 5.41) is 18.4. The lowest BCUT2D eigenvalue weighted by Crippen LogP contribution is -2.04. The van der Waals surface area contributed by atoms with Gasteiger partial charge in [0, 0.05) is 0 Å². The van der Waals surface area contributed by atoms with E-state index in [-0.39, 0.29) is 11.9 Å². The van der Waals surface area contributed by atoms with Gasteiger partial charge >= 0.3 is 0 Å². The minimum Gasteiger partial charge on any atom is -0.507 e. The van der Waals surface area contributed by atoms with Gasteiger partial charge in [0.15, 0.2) is 0 Å². The van der Waals surface area contributed by atoms with Crippen LogP contribution < -0.4 is 0 Å². The van der Waals surface area contributed by atoms with Crippen LogP contribution in [0.5, 0.6) is 5.75 Å². The number of halogens is 1. The summed E-state index contributed by atoms with van der Waals surface area (Å²) >= 11 is 3.25. The van der Waals surface area contributed by atoms with Crippen molar-refractivity contribution in [1.82, 2.24) is 0 Å². The molecule has 1 aromatic carbocycles. The number of phenolic OH excluding ortho intramolecular Hbond substituents is 1. The SMILES string of the molecule is C[C@@H](O)Cc1cccc(O)c1Br. The van der Waals surface area contributed by atoms with Gasteiger partial charge in [-0.15, -0.1) is 0 Å². The molecule has 2 N–H and O–H groups in total. The number of phenols is 1. The van der Waals surface area contributed by atoms with E-state index in [2.05, 4.69) is 15.9 Å². The van der Waals surface area contributed by atoms with Crippen molar-refractivity contribution < 1.29 is 10.2 Å². The summed E-state index contributed by atoms with van der Waals surface area (Å²) < 4.78 is 0.672. The maximum absolute atomic E-state index is 9.28. The molecule has 0 aromatic heterocycles. The van der Waals surface area contributed by atoms with Gasteiger partial charge in [-0.3, -0.25) is 0 Å². The lowest BCUT2D eigenvalue weighted by Gasteiger charge is -2.07. The zero-order chi connectivity index (χ0) is 9.14. The largest absolute Gasteiger partial charge is 0.507 e. The monoisotopic (exact) mass is 230 g/mol. The molecule has 0 fully saturated rings. The Morgan fingerprint density at radius 1 is 1.50 bits per heavy atom. The normalized spacial score (nSPS) is 12.9. The lowest BCUT2D eigenvalue weighted by atomic mass is 10.1. The molecule has 1 rings (SSSR count). The Labute approximate surface area is 80.0 Å². The fourth-order valence-corrected chi connectivity index (χ4v) is 1.47. The Morgan fingerprint density at radius 3 is 2.75 bits per heavy atom. The summed E-state index contributed by atoms with van der Waals surface area (Å²) in [7, 11) is 0. The van der Waals surface area contributed by atoms with Crippen molar-refractivity contribution in [3.8, 4) is 5.75 Å². The van der Waals surface area contributed by atoms with Gasteiger partial charge in [0.1, 0.15) is 5.75 Å². The third-order valence-corrected chi connectivity index (χ3v) is 2.49. The fraction of sp³-hybridized carbons (Fsp3) is 0.333. The Bertz CT molecular complexity index is 271. The molecule has 0 saturated carbocycles. The van der Waals surface area contributed by atoms with Gasteiger partial charge in [0.05, 0.1) is 10.6 Å². The van der Waals surface area contributed by atoms with Crippen molar-refractivity contribution in [2.75, 3.05) is 0 Å². The van der Waals surface area contributed by atoms with Gasteiger partial charge in [0.2, 0.25) is 0 Å². The van der Waals surface area contributed by atoms with Crippen LogP contribution in [-0.2, 0) is 6.42 Å². The van der Waals surface area contributed by atoms with E-state index < -0.39 is 0 Å². The van der Waals surface area contributed by atoms with Crippen LogP contribution in [0.1, 0.15) is 12.5 Å².